The van der Waals surface area contributed by atoms with E-state index in [0.717, 1.165) is 5.56 Å². The zero-order valence-corrected chi connectivity index (χ0v) is 11.3. The summed E-state index contributed by atoms with van der Waals surface area (Å²) >= 11 is 7.05. The molecule has 0 N–H and O–H groups in total. The molecular weight excluding hydrogens is 268 g/mol. The normalized spacial score (nSPS) is 10.3. The summed E-state index contributed by atoms with van der Waals surface area (Å²) in [5.74, 6) is -0.356. The Hall–Kier alpha value is -1.45. The zero-order chi connectivity index (χ0) is 13.1. The molecule has 0 aliphatic carbocycles. The second-order valence-corrected chi connectivity index (χ2v) is 5.57. The molecule has 0 aliphatic rings. The van der Waals surface area contributed by atoms with E-state index in [1.807, 2.05) is 19.1 Å². The minimum Gasteiger partial charge on any atom is -0.294 e. The topological polar surface area (TPSA) is 34.1 Å². The van der Waals surface area contributed by atoms with Crippen LogP contribution in [0.1, 0.15) is 32.7 Å². The van der Waals surface area contributed by atoms with Gasteiger partial charge in [-0.1, -0.05) is 41.4 Å². The summed E-state index contributed by atoms with van der Waals surface area (Å²) < 4.78 is 0.557. The molecule has 0 saturated carbocycles. The smallest absolute Gasteiger partial charge is 0.171 e. The summed E-state index contributed by atoms with van der Waals surface area (Å²) in [4.78, 5) is 23.7. The highest BCUT2D eigenvalue weighted by atomic mass is 35.5. The molecule has 0 fully saturated rings. The van der Waals surface area contributed by atoms with Gasteiger partial charge in [-0.05, 0) is 13.0 Å². The number of benzene rings is 1. The minimum absolute atomic E-state index is 0.115. The molecule has 0 aliphatic heterocycles. The quantitative estimate of drug-likeness (QED) is 0.621. The van der Waals surface area contributed by atoms with E-state index in [-0.39, 0.29) is 18.0 Å². The molecule has 0 amide bonds. The lowest BCUT2D eigenvalue weighted by atomic mass is 10.0. The van der Waals surface area contributed by atoms with Crippen LogP contribution in [-0.2, 0) is 0 Å². The van der Waals surface area contributed by atoms with Gasteiger partial charge in [0.25, 0.3) is 0 Å². The minimum atomic E-state index is -0.191. The van der Waals surface area contributed by atoms with Crippen LogP contribution >= 0.6 is 22.9 Å². The summed E-state index contributed by atoms with van der Waals surface area (Å²) in [6.07, 6.45) is -0.115. The Morgan fingerprint density at radius 2 is 1.72 bits per heavy atom. The molecule has 1 aromatic carbocycles. The molecular formula is C14H11ClO2S. The van der Waals surface area contributed by atoms with Crippen molar-refractivity contribution in [2.75, 3.05) is 0 Å². The molecule has 0 saturated heterocycles. The maximum Gasteiger partial charge on any atom is 0.171 e. The fraction of sp³-hybridized carbons (Fsp3) is 0.143. The van der Waals surface area contributed by atoms with Crippen LogP contribution in [0.15, 0.2) is 35.7 Å². The molecule has 0 atom stereocenters. The van der Waals surface area contributed by atoms with E-state index >= 15 is 0 Å². The van der Waals surface area contributed by atoms with Gasteiger partial charge in [0.2, 0.25) is 0 Å². The number of hydrogen-bond acceptors (Lipinski definition) is 3. The van der Waals surface area contributed by atoms with Gasteiger partial charge < -0.3 is 0 Å². The van der Waals surface area contributed by atoms with E-state index in [1.54, 1.807) is 23.6 Å². The van der Waals surface area contributed by atoms with Gasteiger partial charge in [-0.25, -0.2) is 0 Å². The van der Waals surface area contributed by atoms with Crippen LogP contribution in [0.4, 0.5) is 0 Å². The third kappa shape index (κ3) is 3.06. The first-order valence-corrected chi connectivity index (χ1v) is 6.69. The van der Waals surface area contributed by atoms with Gasteiger partial charge in [0.15, 0.2) is 11.6 Å². The van der Waals surface area contributed by atoms with Crippen LogP contribution in [-0.4, -0.2) is 11.6 Å². The van der Waals surface area contributed by atoms with Crippen LogP contribution in [0.25, 0.3) is 0 Å². The number of ketones is 2. The van der Waals surface area contributed by atoms with Gasteiger partial charge in [0, 0.05) is 16.5 Å². The van der Waals surface area contributed by atoms with E-state index in [1.165, 1.54) is 11.3 Å². The highest BCUT2D eigenvalue weighted by Gasteiger charge is 2.14. The largest absolute Gasteiger partial charge is 0.294 e. The molecule has 1 aromatic heterocycles. The van der Waals surface area contributed by atoms with Crippen molar-refractivity contribution in [3.8, 4) is 0 Å². The molecule has 4 heteroatoms. The first-order valence-electron chi connectivity index (χ1n) is 5.43. The molecule has 0 radical (unpaired) electrons. The van der Waals surface area contributed by atoms with Crippen LogP contribution in [0, 0.1) is 6.92 Å². The molecule has 0 bridgehead atoms. The van der Waals surface area contributed by atoms with Crippen molar-refractivity contribution in [1.82, 2.24) is 0 Å². The van der Waals surface area contributed by atoms with Crippen molar-refractivity contribution >= 4 is 34.5 Å². The Bertz CT molecular complexity index is 584. The monoisotopic (exact) mass is 278 g/mol. The Balaban J connectivity index is 2.08. The summed E-state index contributed by atoms with van der Waals surface area (Å²) in [6, 6.07) is 8.80. The third-order valence-corrected chi connectivity index (χ3v) is 3.68. The molecule has 18 heavy (non-hydrogen) atoms. The summed E-state index contributed by atoms with van der Waals surface area (Å²) in [6.45, 7) is 1.95. The Labute approximate surface area is 114 Å². The SMILES string of the molecule is Cc1ccc(C(=O)CC(=O)c2csc(Cl)c2)cc1. The Kier molecular flexibility index (Phi) is 3.94. The fourth-order valence-electron chi connectivity index (χ4n) is 1.55. The van der Waals surface area contributed by atoms with E-state index in [9.17, 15) is 9.59 Å². The number of thiophene rings is 1. The number of halogens is 1. The molecule has 0 spiro atoms. The number of Topliss-reactive ketones (excluding diaryl/α,β-unsaturated/α-hetero) is 2. The second kappa shape index (κ2) is 5.46. The average Bonchev–Trinajstić information content (AvgIpc) is 2.76. The third-order valence-electron chi connectivity index (χ3n) is 2.58. The highest BCUT2D eigenvalue weighted by molar-refractivity contribution is 7.14. The van der Waals surface area contributed by atoms with Gasteiger partial charge in [-0.15, -0.1) is 11.3 Å². The zero-order valence-electron chi connectivity index (χ0n) is 9.77. The van der Waals surface area contributed by atoms with Gasteiger partial charge in [0.1, 0.15) is 0 Å². The van der Waals surface area contributed by atoms with Crippen LogP contribution < -0.4 is 0 Å². The molecule has 1 heterocycles. The molecule has 92 valence electrons. The van der Waals surface area contributed by atoms with Crippen molar-refractivity contribution in [3.63, 3.8) is 0 Å². The first-order chi connectivity index (χ1) is 8.56. The lowest BCUT2D eigenvalue weighted by molar-refractivity contribution is 0.0894. The van der Waals surface area contributed by atoms with E-state index in [2.05, 4.69) is 0 Å². The van der Waals surface area contributed by atoms with Crippen LogP contribution in [0.3, 0.4) is 0 Å². The second-order valence-electron chi connectivity index (χ2n) is 4.03. The predicted octanol–water partition coefficient (Wildman–Crippen LogP) is 4.17. The first kappa shape index (κ1) is 13.0. The lowest BCUT2D eigenvalue weighted by Gasteiger charge is -2.00. The maximum absolute atomic E-state index is 11.9. The predicted molar refractivity (Wildman–Crippen MR) is 73.8 cm³/mol. The summed E-state index contributed by atoms with van der Waals surface area (Å²) in [7, 11) is 0. The Morgan fingerprint density at radius 3 is 2.28 bits per heavy atom. The lowest BCUT2D eigenvalue weighted by Crippen LogP contribution is -2.07. The number of rotatable bonds is 4. The van der Waals surface area contributed by atoms with Gasteiger partial charge in [0.05, 0.1) is 10.8 Å². The Morgan fingerprint density at radius 1 is 1.11 bits per heavy atom. The van der Waals surface area contributed by atoms with E-state index < -0.39 is 0 Å². The van der Waals surface area contributed by atoms with Crippen molar-refractivity contribution in [3.05, 3.63) is 56.7 Å². The number of carbonyl (C=O) groups excluding carboxylic acids is 2. The summed E-state index contributed by atoms with van der Waals surface area (Å²) in [5, 5.41) is 1.67. The maximum atomic E-state index is 11.9. The van der Waals surface area contributed by atoms with Gasteiger partial charge in [-0.3, -0.25) is 9.59 Å². The highest BCUT2D eigenvalue weighted by Crippen LogP contribution is 2.21. The van der Waals surface area contributed by atoms with Crippen molar-refractivity contribution in [2.45, 2.75) is 13.3 Å². The average molecular weight is 279 g/mol. The van der Waals surface area contributed by atoms with Gasteiger partial charge >= 0.3 is 0 Å². The fourth-order valence-corrected chi connectivity index (χ4v) is 2.43. The van der Waals surface area contributed by atoms with Crippen molar-refractivity contribution < 1.29 is 9.59 Å². The molecule has 2 rings (SSSR count). The van der Waals surface area contributed by atoms with Gasteiger partial charge in [-0.2, -0.15) is 0 Å². The molecule has 2 aromatic rings. The molecule has 2 nitrogen and oxygen atoms in total. The number of carbonyl (C=O) groups is 2. The standard InChI is InChI=1S/C14H11ClO2S/c1-9-2-4-10(5-3-9)12(16)7-13(17)11-6-14(15)18-8-11/h2-6,8H,7H2,1H3. The van der Waals surface area contributed by atoms with Crippen molar-refractivity contribution in [1.29, 1.82) is 0 Å². The van der Waals surface area contributed by atoms with E-state index in [4.69, 9.17) is 11.6 Å². The molecule has 0 unspecified atom stereocenters. The van der Waals surface area contributed by atoms with Crippen LogP contribution in [0.5, 0.6) is 0 Å². The van der Waals surface area contributed by atoms with Crippen LogP contribution in [0.2, 0.25) is 4.34 Å². The van der Waals surface area contributed by atoms with Crippen molar-refractivity contribution in [2.24, 2.45) is 0 Å². The number of hydrogen-bond donors (Lipinski definition) is 0. The number of aryl methyl sites for hydroxylation is 1. The van der Waals surface area contributed by atoms with E-state index in [0.29, 0.717) is 15.5 Å². The summed E-state index contributed by atoms with van der Waals surface area (Å²) in [5.41, 5.74) is 2.16.